The second kappa shape index (κ2) is 15.1. The van der Waals surface area contributed by atoms with E-state index in [2.05, 4.69) is 17.3 Å². The molecule has 0 aliphatic carbocycles. The number of allylic oxidation sites excluding steroid dienone is 4. The van der Waals surface area contributed by atoms with Crippen molar-refractivity contribution in [1.82, 2.24) is 0 Å². The third-order valence-corrected chi connectivity index (χ3v) is 7.00. The molecule has 0 aliphatic heterocycles. The summed E-state index contributed by atoms with van der Waals surface area (Å²) in [6.45, 7) is 14.5. The number of rotatable bonds is 13. The van der Waals surface area contributed by atoms with Crippen LogP contribution in [0.4, 0.5) is 0 Å². The van der Waals surface area contributed by atoms with Crippen molar-refractivity contribution in [2.75, 3.05) is 13.2 Å². The van der Waals surface area contributed by atoms with Gasteiger partial charge in [-0.05, 0) is 46.5 Å². The summed E-state index contributed by atoms with van der Waals surface area (Å²) in [5, 5.41) is -0.939. The minimum atomic E-state index is -3.44. The van der Waals surface area contributed by atoms with Crippen molar-refractivity contribution >= 4 is 20.2 Å². The highest BCUT2D eigenvalue weighted by Gasteiger charge is 2.23. The van der Waals surface area contributed by atoms with Crippen molar-refractivity contribution in [3.05, 3.63) is 37.5 Å². The highest BCUT2D eigenvalue weighted by molar-refractivity contribution is 7.87. The maximum Gasteiger partial charge on any atom is 0.270 e. The first-order valence-corrected chi connectivity index (χ1v) is 11.7. The molecule has 0 saturated carbocycles. The molecule has 0 radical (unpaired) electrons. The highest BCUT2D eigenvalue weighted by atomic mass is 32.2. The summed E-state index contributed by atoms with van der Waals surface area (Å²) in [6.07, 6.45) is 8.77. The Morgan fingerprint density at radius 1 is 0.808 bits per heavy atom. The van der Waals surface area contributed by atoms with E-state index in [4.69, 9.17) is 4.18 Å². The average Bonchev–Trinajstić information content (AvgIpc) is 2.55. The van der Waals surface area contributed by atoms with Gasteiger partial charge in [0, 0.05) is 0 Å². The molecule has 26 heavy (non-hydrogen) atoms. The SMILES string of the molecule is C/C=C/CC(CC)S(=O)(=O)OCC.C=CCC(CC=C)S(=O)(=O)OCC. The molecule has 0 aromatic rings. The average molecular weight is 411 g/mol. The minimum absolute atomic E-state index is 0.174. The van der Waals surface area contributed by atoms with Crippen molar-refractivity contribution in [1.29, 1.82) is 0 Å². The Bertz CT molecular complexity index is 596. The summed E-state index contributed by atoms with van der Waals surface area (Å²) in [5.74, 6) is 0. The molecule has 0 saturated heterocycles. The molecule has 0 heterocycles. The second-order valence-corrected chi connectivity index (χ2v) is 9.08. The fourth-order valence-corrected chi connectivity index (χ4v) is 4.54. The van der Waals surface area contributed by atoms with E-state index < -0.39 is 30.7 Å². The molecular formula is C18H34O6S2. The van der Waals surface area contributed by atoms with Crippen molar-refractivity contribution in [2.45, 2.75) is 63.9 Å². The van der Waals surface area contributed by atoms with Gasteiger partial charge in [0.1, 0.15) is 0 Å². The Hall–Kier alpha value is -0.960. The molecular weight excluding hydrogens is 376 g/mol. The summed E-state index contributed by atoms with van der Waals surface area (Å²) < 4.78 is 55.0. The maximum absolute atomic E-state index is 11.4. The van der Waals surface area contributed by atoms with Gasteiger partial charge in [-0.2, -0.15) is 16.8 Å². The molecule has 0 N–H and O–H groups in total. The summed E-state index contributed by atoms with van der Waals surface area (Å²) >= 11 is 0. The molecule has 1 unspecified atom stereocenters. The standard InChI is InChI=1S/C9H18O3S.C9H16O3S/c1-4-7-8-9(5-2)13(10,11)12-6-3;1-4-7-9(8-5-2)13(10,11)12-6-3/h4,7,9H,5-6,8H2,1-3H3;4-5,9H,1-2,6-8H2,3H3/b7-4+;. The van der Waals surface area contributed by atoms with E-state index in [-0.39, 0.29) is 13.2 Å². The largest absolute Gasteiger partial charge is 0.270 e. The van der Waals surface area contributed by atoms with Gasteiger partial charge in [0.15, 0.2) is 0 Å². The zero-order valence-electron chi connectivity index (χ0n) is 16.4. The topological polar surface area (TPSA) is 86.7 Å². The van der Waals surface area contributed by atoms with Crippen LogP contribution in [0, 0.1) is 0 Å². The van der Waals surface area contributed by atoms with Crippen molar-refractivity contribution in [3.63, 3.8) is 0 Å². The van der Waals surface area contributed by atoms with E-state index in [1.165, 1.54) is 0 Å². The summed E-state index contributed by atoms with van der Waals surface area (Å²) in [6, 6.07) is 0. The minimum Gasteiger partial charge on any atom is -0.270 e. The van der Waals surface area contributed by atoms with Gasteiger partial charge in [0.2, 0.25) is 0 Å². The van der Waals surface area contributed by atoms with E-state index in [0.29, 0.717) is 25.7 Å². The van der Waals surface area contributed by atoms with Crippen LogP contribution in [0.1, 0.15) is 53.4 Å². The van der Waals surface area contributed by atoms with Crippen LogP contribution in [0.3, 0.4) is 0 Å². The Morgan fingerprint density at radius 2 is 1.23 bits per heavy atom. The van der Waals surface area contributed by atoms with Gasteiger partial charge in [-0.3, -0.25) is 8.37 Å². The maximum atomic E-state index is 11.4. The smallest absolute Gasteiger partial charge is 0.270 e. The Morgan fingerprint density at radius 3 is 1.54 bits per heavy atom. The Balaban J connectivity index is 0. The lowest BCUT2D eigenvalue weighted by molar-refractivity contribution is 0.329. The van der Waals surface area contributed by atoms with Gasteiger partial charge in [0.25, 0.3) is 20.2 Å². The molecule has 0 fully saturated rings. The second-order valence-electron chi connectivity index (χ2n) is 5.30. The van der Waals surface area contributed by atoms with Crippen LogP contribution in [0.15, 0.2) is 37.5 Å². The summed E-state index contributed by atoms with van der Waals surface area (Å²) in [7, 11) is -6.79. The molecule has 154 valence electrons. The van der Waals surface area contributed by atoms with E-state index in [9.17, 15) is 16.8 Å². The number of hydrogen-bond acceptors (Lipinski definition) is 6. The lowest BCUT2D eigenvalue weighted by Gasteiger charge is -2.12. The first-order valence-electron chi connectivity index (χ1n) is 8.75. The van der Waals surface area contributed by atoms with Crippen molar-refractivity contribution in [2.24, 2.45) is 0 Å². The van der Waals surface area contributed by atoms with Crippen LogP contribution in [0.25, 0.3) is 0 Å². The van der Waals surface area contributed by atoms with Crippen LogP contribution < -0.4 is 0 Å². The first-order chi connectivity index (χ1) is 12.2. The van der Waals surface area contributed by atoms with Crippen molar-refractivity contribution < 1.29 is 25.2 Å². The van der Waals surface area contributed by atoms with E-state index in [1.807, 2.05) is 26.0 Å². The molecule has 0 bridgehead atoms. The molecule has 0 aliphatic rings. The molecule has 0 aromatic carbocycles. The van der Waals surface area contributed by atoms with Crippen LogP contribution in [0.2, 0.25) is 0 Å². The lowest BCUT2D eigenvalue weighted by atomic mass is 10.2. The van der Waals surface area contributed by atoms with Gasteiger partial charge >= 0.3 is 0 Å². The zero-order valence-corrected chi connectivity index (χ0v) is 18.0. The first kappa shape index (κ1) is 27.3. The lowest BCUT2D eigenvalue weighted by Crippen LogP contribution is -2.22. The molecule has 0 amide bonds. The summed E-state index contributed by atoms with van der Waals surface area (Å²) in [5.41, 5.74) is 0. The van der Waals surface area contributed by atoms with Gasteiger partial charge < -0.3 is 0 Å². The quantitative estimate of drug-likeness (QED) is 0.337. The van der Waals surface area contributed by atoms with E-state index in [1.54, 1.807) is 26.0 Å². The monoisotopic (exact) mass is 410 g/mol. The van der Waals surface area contributed by atoms with Gasteiger partial charge in [-0.25, -0.2) is 0 Å². The fourth-order valence-electron chi connectivity index (χ4n) is 2.00. The molecule has 0 aromatic heterocycles. The zero-order chi connectivity index (χ0) is 20.6. The van der Waals surface area contributed by atoms with Gasteiger partial charge in [0.05, 0.1) is 23.7 Å². The predicted octanol–water partition coefficient (Wildman–Crippen LogP) is 3.97. The van der Waals surface area contributed by atoms with Crippen LogP contribution >= 0.6 is 0 Å². The molecule has 0 rings (SSSR count). The molecule has 0 spiro atoms. The third-order valence-electron chi connectivity index (χ3n) is 3.33. The Kier molecular flexibility index (Phi) is 15.9. The normalized spacial score (nSPS) is 13.3. The van der Waals surface area contributed by atoms with E-state index >= 15 is 0 Å². The molecule has 1 atom stereocenters. The van der Waals surface area contributed by atoms with Gasteiger partial charge in [-0.15, -0.1) is 13.2 Å². The van der Waals surface area contributed by atoms with Crippen molar-refractivity contribution in [3.8, 4) is 0 Å². The van der Waals surface area contributed by atoms with Crippen LogP contribution in [-0.2, 0) is 28.6 Å². The van der Waals surface area contributed by atoms with Crippen LogP contribution in [-0.4, -0.2) is 40.5 Å². The van der Waals surface area contributed by atoms with Gasteiger partial charge in [-0.1, -0.05) is 31.2 Å². The van der Waals surface area contributed by atoms with Crippen LogP contribution in [0.5, 0.6) is 0 Å². The fraction of sp³-hybridized carbons (Fsp3) is 0.667. The van der Waals surface area contributed by atoms with E-state index in [0.717, 1.165) is 0 Å². The summed E-state index contributed by atoms with van der Waals surface area (Å²) in [4.78, 5) is 0. The molecule has 8 heteroatoms. The highest BCUT2D eigenvalue weighted by Crippen LogP contribution is 2.14. The predicted molar refractivity (Wildman–Crippen MR) is 108 cm³/mol. The molecule has 6 nitrogen and oxygen atoms in total. The third kappa shape index (κ3) is 11.6. The number of hydrogen-bond donors (Lipinski definition) is 0. The Labute approximate surface area is 160 Å².